The van der Waals surface area contributed by atoms with Crippen molar-refractivity contribution in [1.29, 1.82) is 0 Å². The van der Waals surface area contributed by atoms with Crippen molar-refractivity contribution in [2.75, 3.05) is 12.3 Å². The number of nitrogens with zero attached hydrogens (tertiary/aromatic N) is 1. The quantitative estimate of drug-likeness (QED) is 0.578. The zero-order valence-electron chi connectivity index (χ0n) is 17.3. The Bertz CT molecular complexity index is 794. The number of carbonyl (C=O) groups excluding carboxylic acids is 2. The topological polar surface area (TPSA) is 49.4 Å². The van der Waals surface area contributed by atoms with Crippen molar-refractivity contribution >= 4 is 23.6 Å². The van der Waals surface area contributed by atoms with Gasteiger partial charge in [0, 0.05) is 30.2 Å². The summed E-state index contributed by atoms with van der Waals surface area (Å²) in [6, 6.07) is 13.7. The molecule has 2 rings (SSSR count). The molecular weight excluding hydrogens is 387 g/mol. The number of halogens is 1. The van der Waals surface area contributed by atoms with Crippen molar-refractivity contribution in [3.63, 3.8) is 0 Å². The van der Waals surface area contributed by atoms with Crippen LogP contribution in [0.3, 0.4) is 0 Å². The highest BCUT2D eigenvalue weighted by atomic mass is 32.2. The Morgan fingerprint density at radius 3 is 2.31 bits per heavy atom. The number of thioether (sulfide) groups is 1. The van der Waals surface area contributed by atoms with Crippen LogP contribution in [0.2, 0.25) is 0 Å². The molecule has 0 fully saturated rings. The summed E-state index contributed by atoms with van der Waals surface area (Å²) in [5.74, 6) is 0.0776. The van der Waals surface area contributed by atoms with Gasteiger partial charge in [-0.1, -0.05) is 36.8 Å². The minimum Gasteiger partial charge on any atom is -0.355 e. The van der Waals surface area contributed by atoms with Crippen LogP contribution < -0.4 is 5.32 Å². The van der Waals surface area contributed by atoms with Crippen LogP contribution in [0, 0.1) is 12.7 Å². The Kier molecular flexibility index (Phi) is 9.19. The van der Waals surface area contributed by atoms with Gasteiger partial charge >= 0.3 is 0 Å². The van der Waals surface area contributed by atoms with Crippen LogP contribution in [0.4, 0.5) is 4.39 Å². The molecule has 6 heteroatoms. The first-order valence-corrected chi connectivity index (χ1v) is 10.9. The normalized spacial score (nSPS) is 11.7. The summed E-state index contributed by atoms with van der Waals surface area (Å²) in [5, 5.41) is 2.82. The first kappa shape index (κ1) is 22.9. The van der Waals surface area contributed by atoms with E-state index in [2.05, 4.69) is 5.32 Å². The minimum absolute atomic E-state index is 0.0768. The SMILES string of the molecule is CCNC(=O)[C@H](CC)N(Cc1ccc(F)cc1)C(=O)CCSc1ccc(C)cc1. The molecule has 0 unspecified atom stereocenters. The van der Waals surface area contributed by atoms with E-state index in [-0.39, 0.29) is 24.2 Å². The van der Waals surface area contributed by atoms with E-state index < -0.39 is 6.04 Å². The molecule has 2 aromatic rings. The number of benzene rings is 2. The maximum Gasteiger partial charge on any atom is 0.242 e. The van der Waals surface area contributed by atoms with E-state index >= 15 is 0 Å². The fourth-order valence-corrected chi connectivity index (χ4v) is 3.87. The highest BCUT2D eigenvalue weighted by Gasteiger charge is 2.28. The van der Waals surface area contributed by atoms with Crippen molar-refractivity contribution in [1.82, 2.24) is 10.2 Å². The molecule has 0 heterocycles. The lowest BCUT2D eigenvalue weighted by Crippen LogP contribution is -2.49. The summed E-state index contributed by atoms with van der Waals surface area (Å²) in [5.41, 5.74) is 2.00. The summed E-state index contributed by atoms with van der Waals surface area (Å²) in [6.45, 7) is 6.58. The molecule has 4 nitrogen and oxygen atoms in total. The second-order valence-corrected chi connectivity index (χ2v) is 8.05. The lowest BCUT2D eigenvalue weighted by molar-refractivity contribution is -0.141. The van der Waals surface area contributed by atoms with E-state index in [9.17, 15) is 14.0 Å². The van der Waals surface area contributed by atoms with E-state index in [0.29, 0.717) is 25.1 Å². The number of nitrogens with one attached hydrogen (secondary N) is 1. The van der Waals surface area contributed by atoms with Crippen molar-refractivity contribution in [3.05, 3.63) is 65.5 Å². The Hall–Kier alpha value is -2.34. The second-order valence-electron chi connectivity index (χ2n) is 6.88. The van der Waals surface area contributed by atoms with Gasteiger partial charge in [0.2, 0.25) is 11.8 Å². The average molecular weight is 417 g/mol. The van der Waals surface area contributed by atoms with Crippen molar-refractivity contribution < 1.29 is 14.0 Å². The van der Waals surface area contributed by atoms with Crippen LogP contribution in [0.25, 0.3) is 0 Å². The van der Waals surface area contributed by atoms with Crippen LogP contribution >= 0.6 is 11.8 Å². The summed E-state index contributed by atoms with van der Waals surface area (Å²) >= 11 is 1.62. The predicted molar refractivity (Wildman–Crippen MR) is 116 cm³/mol. The molecule has 0 radical (unpaired) electrons. The molecule has 2 amide bonds. The molecule has 0 bridgehead atoms. The van der Waals surface area contributed by atoms with Crippen LogP contribution in [-0.2, 0) is 16.1 Å². The summed E-state index contributed by atoms with van der Waals surface area (Å²) in [4.78, 5) is 28.3. The Balaban J connectivity index is 2.08. The molecule has 1 N–H and O–H groups in total. The Morgan fingerprint density at radius 1 is 1.07 bits per heavy atom. The smallest absolute Gasteiger partial charge is 0.242 e. The molecule has 0 aliphatic carbocycles. The molecule has 29 heavy (non-hydrogen) atoms. The van der Waals surface area contributed by atoms with E-state index in [1.54, 1.807) is 28.8 Å². The predicted octanol–water partition coefficient (Wildman–Crippen LogP) is 4.56. The van der Waals surface area contributed by atoms with Crippen LogP contribution in [0.5, 0.6) is 0 Å². The molecule has 156 valence electrons. The number of aryl methyl sites for hydroxylation is 1. The number of carbonyl (C=O) groups is 2. The van der Waals surface area contributed by atoms with E-state index in [1.165, 1.54) is 17.7 Å². The van der Waals surface area contributed by atoms with Gasteiger partial charge in [-0.15, -0.1) is 11.8 Å². The lowest BCUT2D eigenvalue weighted by atomic mass is 10.1. The molecule has 1 atom stereocenters. The van der Waals surface area contributed by atoms with Crippen molar-refractivity contribution in [2.24, 2.45) is 0 Å². The summed E-state index contributed by atoms with van der Waals surface area (Å²) in [6.07, 6.45) is 0.847. The van der Waals surface area contributed by atoms with Gasteiger partial charge in [0.1, 0.15) is 11.9 Å². The number of amides is 2. The van der Waals surface area contributed by atoms with Gasteiger partial charge in [0.25, 0.3) is 0 Å². The van der Waals surface area contributed by atoms with Crippen LogP contribution in [0.1, 0.15) is 37.8 Å². The van der Waals surface area contributed by atoms with Crippen LogP contribution in [0.15, 0.2) is 53.4 Å². The average Bonchev–Trinajstić information content (AvgIpc) is 2.71. The molecule has 0 saturated carbocycles. The largest absolute Gasteiger partial charge is 0.355 e. The number of rotatable bonds is 10. The molecule has 0 saturated heterocycles. The van der Waals surface area contributed by atoms with Gasteiger partial charge in [-0.25, -0.2) is 4.39 Å². The van der Waals surface area contributed by atoms with Gasteiger partial charge in [-0.05, 0) is 50.1 Å². The molecule has 0 aliphatic heterocycles. The molecule has 0 aliphatic rings. The fourth-order valence-electron chi connectivity index (χ4n) is 3.03. The third-order valence-electron chi connectivity index (χ3n) is 4.61. The van der Waals surface area contributed by atoms with E-state index in [4.69, 9.17) is 0 Å². The number of hydrogen-bond acceptors (Lipinski definition) is 3. The summed E-state index contributed by atoms with van der Waals surface area (Å²) < 4.78 is 13.2. The monoisotopic (exact) mass is 416 g/mol. The molecule has 0 spiro atoms. The van der Waals surface area contributed by atoms with Crippen LogP contribution in [-0.4, -0.2) is 35.1 Å². The second kappa shape index (κ2) is 11.6. The maximum absolute atomic E-state index is 13.2. The summed E-state index contributed by atoms with van der Waals surface area (Å²) in [7, 11) is 0. The fraction of sp³-hybridized carbons (Fsp3) is 0.391. The molecule has 2 aromatic carbocycles. The third kappa shape index (κ3) is 7.20. The highest BCUT2D eigenvalue weighted by Crippen LogP contribution is 2.21. The molecular formula is C23H29FN2O2S. The minimum atomic E-state index is -0.545. The van der Waals surface area contributed by atoms with E-state index in [0.717, 1.165) is 10.5 Å². The van der Waals surface area contributed by atoms with Gasteiger partial charge in [-0.2, -0.15) is 0 Å². The Morgan fingerprint density at radius 2 is 1.72 bits per heavy atom. The van der Waals surface area contributed by atoms with E-state index in [1.807, 2.05) is 45.0 Å². The van der Waals surface area contributed by atoms with Crippen molar-refractivity contribution in [3.8, 4) is 0 Å². The van der Waals surface area contributed by atoms with Gasteiger partial charge in [-0.3, -0.25) is 9.59 Å². The highest BCUT2D eigenvalue weighted by molar-refractivity contribution is 7.99. The van der Waals surface area contributed by atoms with Gasteiger partial charge in [0.15, 0.2) is 0 Å². The standard InChI is InChI=1S/C23H29FN2O2S/c1-4-21(23(28)25-5-2)26(16-18-8-10-19(24)11-9-18)22(27)14-15-29-20-12-6-17(3)7-13-20/h6-13,21H,4-5,14-16H2,1-3H3,(H,25,28)/t21-/m0/s1. The first-order chi connectivity index (χ1) is 13.9. The van der Waals surface area contributed by atoms with Gasteiger partial charge < -0.3 is 10.2 Å². The zero-order valence-corrected chi connectivity index (χ0v) is 18.1. The third-order valence-corrected chi connectivity index (χ3v) is 5.62. The zero-order chi connectivity index (χ0) is 21.2. The van der Waals surface area contributed by atoms with Gasteiger partial charge in [0.05, 0.1) is 0 Å². The molecule has 0 aromatic heterocycles. The van der Waals surface area contributed by atoms with Crippen molar-refractivity contribution in [2.45, 2.75) is 51.1 Å². The number of hydrogen-bond donors (Lipinski definition) is 1. The lowest BCUT2D eigenvalue weighted by Gasteiger charge is -2.30. The maximum atomic E-state index is 13.2. The number of likely N-dealkylation sites (N-methyl/N-ethyl adjacent to an activating group) is 1. The Labute approximate surface area is 176 Å². The first-order valence-electron chi connectivity index (χ1n) is 9.95.